The van der Waals surface area contributed by atoms with Crippen LogP contribution in [-0.4, -0.2) is 7.05 Å². The van der Waals surface area contributed by atoms with Gasteiger partial charge in [-0.05, 0) is 11.6 Å². The molecule has 0 atom stereocenters. The van der Waals surface area contributed by atoms with Crippen LogP contribution in [-0.2, 0) is 5.33 Å². The molecule has 0 aliphatic heterocycles. The molecule has 1 rings (SSSR count). The van der Waals surface area contributed by atoms with Crippen molar-refractivity contribution in [1.29, 1.82) is 0 Å². The van der Waals surface area contributed by atoms with Gasteiger partial charge in [0.05, 0.1) is 0 Å². The third-order valence-corrected chi connectivity index (χ3v) is 2.03. The van der Waals surface area contributed by atoms with E-state index in [1.54, 1.807) is 0 Å². The van der Waals surface area contributed by atoms with Crippen LogP contribution in [0.25, 0.3) is 0 Å². The highest BCUT2D eigenvalue weighted by atomic mass is 79.9. The van der Waals surface area contributed by atoms with Gasteiger partial charge in [-0.1, -0.05) is 34.1 Å². The lowest BCUT2D eigenvalue weighted by Crippen LogP contribution is -1.91. The van der Waals surface area contributed by atoms with Gasteiger partial charge in [0.2, 0.25) is 0 Å². The van der Waals surface area contributed by atoms with Gasteiger partial charge in [0, 0.05) is 18.1 Å². The largest absolute Gasteiger partial charge is 0.388 e. The fourth-order valence-electron chi connectivity index (χ4n) is 0.881. The Bertz CT molecular complexity index is 187. The standard InChI is InChI=1S/C8H10BrN/c1-10-8-5-3-2-4-7(8)6-9/h2-5,10H,6H2,1H3. The number of nitrogens with one attached hydrogen (secondary N) is 1. The van der Waals surface area contributed by atoms with E-state index >= 15 is 0 Å². The Labute approximate surface area is 69.6 Å². The molecule has 1 nitrogen and oxygen atoms in total. The summed E-state index contributed by atoms with van der Waals surface area (Å²) in [6.45, 7) is 0. The Morgan fingerprint density at radius 1 is 1.40 bits per heavy atom. The maximum absolute atomic E-state index is 3.41. The van der Waals surface area contributed by atoms with Crippen molar-refractivity contribution >= 4 is 21.6 Å². The van der Waals surface area contributed by atoms with Crippen molar-refractivity contribution in [2.24, 2.45) is 0 Å². The first-order valence-corrected chi connectivity index (χ1v) is 4.32. The second kappa shape index (κ2) is 3.62. The quantitative estimate of drug-likeness (QED) is 0.723. The smallest absolute Gasteiger partial charge is 0.0378 e. The Balaban J connectivity index is 2.96. The van der Waals surface area contributed by atoms with E-state index in [0.29, 0.717) is 0 Å². The number of alkyl halides is 1. The third kappa shape index (κ3) is 1.51. The molecule has 1 aromatic carbocycles. The lowest BCUT2D eigenvalue weighted by atomic mass is 10.2. The van der Waals surface area contributed by atoms with E-state index in [9.17, 15) is 0 Å². The lowest BCUT2D eigenvalue weighted by molar-refractivity contribution is 1.38. The lowest BCUT2D eigenvalue weighted by Gasteiger charge is -2.03. The molecule has 0 unspecified atom stereocenters. The van der Waals surface area contributed by atoms with Gasteiger partial charge in [-0.15, -0.1) is 0 Å². The molecule has 0 spiro atoms. The molecule has 0 radical (unpaired) electrons. The molecule has 1 aromatic rings. The minimum absolute atomic E-state index is 0.907. The summed E-state index contributed by atoms with van der Waals surface area (Å²) in [5, 5.41) is 4.02. The zero-order valence-electron chi connectivity index (χ0n) is 5.89. The van der Waals surface area contributed by atoms with Gasteiger partial charge in [0.1, 0.15) is 0 Å². The second-order valence-electron chi connectivity index (χ2n) is 2.04. The predicted octanol–water partition coefficient (Wildman–Crippen LogP) is 2.62. The van der Waals surface area contributed by atoms with Crippen molar-refractivity contribution in [3.05, 3.63) is 29.8 Å². The van der Waals surface area contributed by atoms with Crippen molar-refractivity contribution in [3.8, 4) is 0 Å². The summed E-state index contributed by atoms with van der Waals surface area (Å²) in [5.41, 5.74) is 2.49. The first-order chi connectivity index (χ1) is 4.88. The summed E-state index contributed by atoms with van der Waals surface area (Å²) < 4.78 is 0. The van der Waals surface area contributed by atoms with Crippen LogP contribution < -0.4 is 5.32 Å². The molecule has 0 bridgehead atoms. The van der Waals surface area contributed by atoms with Crippen molar-refractivity contribution in [3.63, 3.8) is 0 Å². The van der Waals surface area contributed by atoms with E-state index in [4.69, 9.17) is 0 Å². The maximum atomic E-state index is 3.41. The second-order valence-corrected chi connectivity index (χ2v) is 2.60. The molecular weight excluding hydrogens is 190 g/mol. The Morgan fingerprint density at radius 3 is 2.60 bits per heavy atom. The predicted molar refractivity (Wildman–Crippen MR) is 48.6 cm³/mol. The van der Waals surface area contributed by atoms with Crippen LogP contribution in [0.4, 0.5) is 5.69 Å². The van der Waals surface area contributed by atoms with Crippen molar-refractivity contribution in [2.45, 2.75) is 5.33 Å². The Morgan fingerprint density at radius 2 is 2.10 bits per heavy atom. The summed E-state index contributed by atoms with van der Waals surface area (Å²) in [6, 6.07) is 8.23. The fourth-order valence-corrected chi connectivity index (χ4v) is 1.37. The number of hydrogen-bond acceptors (Lipinski definition) is 1. The monoisotopic (exact) mass is 199 g/mol. The average Bonchev–Trinajstić information content (AvgIpc) is 2.04. The maximum Gasteiger partial charge on any atom is 0.0378 e. The summed E-state index contributed by atoms with van der Waals surface area (Å²) in [7, 11) is 1.93. The van der Waals surface area contributed by atoms with Gasteiger partial charge in [-0.2, -0.15) is 0 Å². The molecule has 0 heterocycles. The SMILES string of the molecule is CNc1ccccc1CBr. The van der Waals surface area contributed by atoms with Crippen LogP contribution >= 0.6 is 15.9 Å². The topological polar surface area (TPSA) is 12.0 Å². The minimum atomic E-state index is 0.907. The first kappa shape index (κ1) is 7.61. The Kier molecular flexibility index (Phi) is 2.75. The third-order valence-electron chi connectivity index (χ3n) is 1.43. The zero-order chi connectivity index (χ0) is 7.40. The van der Waals surface area contributed by atoms with Crippen LogP contribution in [0, 0.1) is 0 Å². The van der Waals surface area contributed by atoms with Gasteiger partial charge in [-0.3, -0.25) is 0 Å². The van der Waals surface area contributed by atoms with E-state index in [1.807, 2.05) is 19.2 Å². The molecule has 0 aliphatic carbocycles. The zero-order valence-corrected chi connectivity index (χ0v) is 7.48. The van der Waals surface area contributed by atoms with E-state index < -0.39 is 0 Å². The number of halogens is 1. The molecule has 10 heavy (non-hydrogen) atoms. The molecule has 1 N–H and O–H groups in total. The fraction of sp³-hybridized carbons (Fsp3) is 0.250. The molecule has 0 saturated carbocycles. The average molecular weight is 200 g/mol. The number of anilines is 1. The van der Waals surface area contributed by atoms with Crippen LogP contribution in [0.3, 0.4) is 0 Å². The van der Waals surface area contributed by atoms with Crippen LogP contribution in [0.5, 0.6) is 0 Å². The van der Waals surface area contributed by atoms with E-state index in [-0.39, 0.29) is 0 Å². The Hall–Kier alpha value is -0.500. The van der Waals surface area contributed by atoms with Gasteiger partial charge in [0.25, 0.3) is 0 Å². The van der Waals surface area contributed by atoms with Crippen LogP contribution in [0.2, 0.25) is 0 Å². The van der Waals surface area contributed by atoms with Gasteiger partial charge >= 0.3 is 0 Å². The molecule has 0 aliphatic rings. The molecule has 54 valence electrons. The van der Waals surface area contributed by atoms with Gasteiger partial charge in [-0.25, -0.2) is 0 Å². The molecule has 0 saturated heterocycles. The molecule has 2 heteroatoms. The van der Waals surface area contributed by atoms with E-state index in [2.05, 4.69) is 33.4 Å². The van der Waals surface area contributed by atoms with E-state index in [1.165, 1.54) is 11.3 Å². The van der Waals surface area contributed by atoms with Crippen LogP contribution in [0.1, 0.15) is 5.56 Å². The number of benzene rings is 1. The van der Waals surface area contributed by atoms with Gasteiger partial charge < -0.3 is 5.32 Å². The highest BCUT2D eigenvalue weighted by Crippen LogP contribution is 2.16. The highest BCUT2D eigenvalue weighted by Gasteiger charge is 1.94. The summed E-state index contributed by atoms with van der Waals surface area (Å²) in [4.78, 5) is 0. The molecule has 0 amide bonds. The number of para-hydroxylation sites is 1. The summed E-state index contributed by atoms with van der Waals surface area (Å²) in [6.07, 6.45) is 0. The molecule has 0 fully saturated rings. The normalized spacial score (nSPS) is 9.40. The van der Waals surface area contributed by atoms with Crippen molar-refractivity contribution < 1.29 is 0 Å². The van der Waals surface area contributed by atoms with E-state index in [0.717, 1.165) is 5.33 Å². The van der Waals surface area contributed by atoms with Gasteiger partial charge in [0.15, 0.2) is 0 Å². The summed E-state index contributed by atoms with van der Waals surface area (Å²) >= 11 is 3.41. The van der Waals surface area contributed by atoms with Crippen molar-refractivity contribution in [1.82, 2.24) is 0 Å². The van der Waals surface area contributed by atoms with Crippen LogP contribution in [0.15, 0.2) is 24.3 Å². The highest BCUT2D eigenvalue weighted by molar-refractivity contribution is 9.08. The molecule has 0 aromatic heterocycles. The minimum Gasteiger partial charge on any atom is -0.388 e. The molecular formula is C8H10BrN. The summed E-state index contributed by atoms with van der Waals surface area (Å²) in [5.74, 6) is 0. The van der Waals surface area contributed by atoms with Crippen molar-refractivity contribution in [2.75, 3.05) is 12.4 Å². The number of hydrogen-bond donors (Lipinski definition) is 1. The first-order valence-electron chi connectivity index (χ1n) is 3.20. The number of rotatable bonds is 2.